The fraction of sp³-hybridized carbons (Fsp3) is 0.464. The van der Waals surface area contributed by atoms with Crippen LogP contribution in [0.4, 0.5) is 0 Å². The molecule has 4 rings (SSSR count). The zero-order chi connectivity index (χ0) is 23.3. The van der Waals surface area contributed by atoms with Crippen molar-refractivity contribution in [3.05, 3.63) is 71.9 Å². The summed E-state index contributed by atoms with van der Waals surface area (Å²) in [4.78, 5) is 20.9. The number of benzene rings is 2. The predicted octanol–water partition coefficient (Wildman–Crippen LogP) is 4.72. The molecule has 0 saturated carbocycles. The molecule has 5 heteroatoms. The first-order chi connectivity index (χ1) is 16.0. The Hall–Kier alpha value is -2.63. The van der Waals surface area contributed by atoms with Gasteiger partial charge in [-0.1, -0.05) is 55.5 Å². The molecule has 1 aliphatic rings. The molecule has 1 amide bonds. The third-order valence-electron chi connectivity index (χ3n) is 7.59. The van der Waals surface area contributed by atoms with Gasteiger partial charge in [0.15, 0.2) is 0 Å². The second kappa shape index (κ2) is 10.5. The van der Waals surface area contributed by atoms with E-state index in [2.05, 4.69) is 95.8 Å². The van der Waals surface area contributed by atoms with Crippen molar-refractivity contribution in [2.75, 3.05) is 40.3 Å². The molecule has 1 atom stereocenters. The SMILES string of the molecule is CCC(CC(=O)NCCN1CCC(c2ccccc2)(N(C)C)CC1)c1c[nH]c2ccccc12. The van der Waals surface area contributed by atoms with Crippen LogP contribution in [0.5, 0.6) is 0 Å². The highest BCUT2D eigenvalue weighted by Crippen LogP contribution is 2.37. The van der Waals surface area contributed by atoms with E-state index in [1.54, 1.807) is 0 Å². The Kier molecular flexibility index (Phi) is 7.51. The number of amides is 1. The standard InChI is InChI=1S/C28H38N4O/c1-4-22(25-21-30-26-13-9-8-12-24(25)26)20-27(33)29-16-19-32-17-14-28(15-18-32,31(2)3)23-10-6-5-7-11-23/h5-13,21-22,30H,4,14-20H2,1-3H3,(H,29,33). The quantitative estimate of drug-likeness (QED) is 0.500. The number of aromatic nitrogens is 1. The Morgan fingerprint density at radius 1 is 1.09 bits per heavy atom. The van der Waals surface area contributed by atoms with Gasteiger partial charge in [-0.25, -0.2) is 0 Å². The fourth-order valence-corrected chi connectivity index (χ4v) is 5.44. The number of likely N-dealkylation sites (tertiary alicyclic amines) is 1. The maximum Gasteiger partial charge on any atom is 0.220 e. The van der Waals surface area contributed by atoms with Gasteiger partial charge in [0.05, 0.1) is 0 Å². The Labute approximate surface area is 198 Å². The van der Waals surface area contributed by atoms with E-state index in [9.17, 15) is 4.79 Å². The molecule has 2 heterocycles. The van der Waals surface area contributed by atoms with Crippen molar-refractivity contribution in [3.63, 3.8) is 0 Å². The lowest BCUT2D eigenvalue weighted by Gasteiger charge is -2.46. The first-order valence-corrected chi connectivity index (χ1v) is 12.3. The van der Waals surface area contributed by atoms with Crippen molar-refractivity contribution < 1.29 is 4.79 Å². The van der Waals surface area contributed by atoms with E-state index in [1.807, 2.05) is 6.07 Å². The Bertz CT molecular complexity index is 1030. The normalized spacial score (nSPS) is 17.3. The molecule has 0 radical (unpaired) electrons. The monoisotopic (exact) mass is 446 g/mol. The van der Waals surface area contributed by atoms with Crippen LogP contribution in [-0.2, 0) is 10.3 Å². The number of hydrogen-bond acceptors (Lipinski definition) is 3. The lowest BCUT2D eigenvalue weighted by Crippen LogP contribution is -2.51. The number of aromatic amines is 1. The summed E-state index contributed by atoms with van der Waals surface area (Å²) >= 11 is 0. The lowest BCUT2D eigenvalue weighted by molar-refractivity contribution is -0.121. The Balaban J connectivity index is 1.26. The summed E-state index contributed by atoms with van der Waals surface area (Å²) in [5.41, 5.74) is 3.90. The molecule has 176 valence electrons. The molecule has 1 unspecified atom stereocenters. The van der Waals surface area contributed by atoms with Crippen molar-refractivity contribution in [1.29, 1.82) is 0 Å². The second-order valence-electron chi connectivity index (χ2n) is 9.58. The average Bonchev–Trinajstić information content (AvgIpc) is 3.27. The maximum absolute atomic E-state index is 12.7. The minimum atomic E-state index is 0.106. The van der Waals surface area contributed by atoms with Crippen molar-refractivity contribution in [3.8, 4) is 0 Å². The van der Waals surface area contributed by atoms with Crippen LogP contribution in [0, 0.1) is 0 Å². The summed E-state index contributed by atoms with van der Waals surface area (Å²) in [5, 5.41) is 4.41. The van der Waals surface area contributed by atoms with E-state index >= 15 is 0 Å². The third kappa shape index (κ3) is 5.15. The molecule has 1 aromatic heterocycles. The summed E-state index contributed by atoms with van der Waals surface area (Å²) in [6.45, 7) is 5.89. The van der Waals surface area contributed by atoms with Crippen molar-refractivity contribution in [2.24, 2.45) is 0 Å². The molecule has 33 heavy (non-hydrogen) atoms. The molecule has 0 spiro atoms. The van der Waals surface area contributed by atoms with E-state index in [0.717, 1.165) is 44.4 Å². The number of carbonyl (C=O) groups excluding carboxylic acids is 1. The van der Waals surface area contributed by atoms with E-state index in [-0.39, 0.29) is 17.4 Å². The number of rotatable bonds is 9. The largest absolute Gasteiger partial charge is 0.361 e. The molecule has 3 aromatic rings. The number of carbonyl (C=O) groups is 1. The molecule has 1 aliphatic heterocycles. The summed E-state index contributed by atoms with van der Waals surface area (Å²) in [7, 11) is 4.39. The highest BCUT2D eigenvalue weighted by molar-refractivity contribution is 5.85. The second-order valence-corrected chi connectivity index (χ2v) is 9.58. The minimum absolute atomic E-state index is 0.106. The molecule has 2 aromatic carbocycles. The molecule has 2 N–H and O–H groups in total. The van der Waals surface area contributed by atoms with Crippen LogP contribution in [0.2, 0.25) is 0 Å². The first kappa shape index (κ1) is 23.5. The third-order valence-corrected chi connectivity index (χ3v) is 7.59. The van der Waals surface area contributed by atoms with Crippen LogP contribution in [0.3, 0.4) is 0 Å². The van der Waals surface area contributed by atoms with E-state index in [1.165, 1.54) is 16.5 Å². The summed E-state index contributed by atoms with van der Waals surface area (Å²) < 4.78 is 0. The first-order valence-electron chi connectivity index (χ1n) is 12.3. The van der Waals surface area contributed by atoms with Crippen LogP contribution in [0.1, 0.15) is 49.7 Å². The number of H-pyrrole nitrogens is 1. The van der Waals surface area contributed by atoms with Gasteiger partial charge in [0.25, 0.3) is 0 Å². The number of para-hydroxylation sites is 1. The van der Waals surface area contributed by atoms with E-state index < -0.39 is 0 Å². The Morgan fingerprint density at radius 3 is 2.48 bits per heavy atom. The topological polar surface area (TPSA) is 51.4 Å². The van der Waals surface area contributed by atoms with Gasteiger partial charge in [-0.2, -0.15) is 0 Å². The minimum Gasteiger partial charge on any atom is -0.361 e. The number of piperidine rings is 1. The number of fused-ring (bicyclic) bond motifs is 1. The van der Waals surface area contributed by atoms with E-state index in [0.29, 0.717) is 13.0 Å². The van der Waals surface area contributed by atoms with Crippen molar-refractivity contribution >= 4 is 16.8 Å². The molecule has 0 aliphatic carbocycles. The molecular formula is C28H38N4O. The highest BCUT2D eigenvalue weighted by Gasteiger charge is 2.37. The summed E-state index contributed by atoms with van der Waals surface area (Å²) in [6.07, 6.45) is 5.78. The molecule has 0 bridgehead atoms. The lowest BCUT2D eigenvalue weighted by atomic mass is 9.80. The maximum atomic E-state index is 12.7. The van der Waals surface area contributed by atoms with Gasteiger partial charge in [-0.05, 0) is 56.5 Å². The van der Waals surface area contributed by atoms with Crippen molar-refractivity contribution in [2.45, 2.75) is 44.1 Å². The van der Waals surface area contributed by atoms with Crippen molar-refractivity contribution in [1.82, 2.24) is 20.1 Å². The predicted molar refractivity (Wildman–Crippen MR) is 136 cm³/mol. The summed E-state index contributed by atoms with van der Waals surface area (Å²) in [6, 6.07) is 19.2. The molecular weight excluding hydrogens is 408 g/mol. The number of nitrogens with one attached hydrogen (secondary N) is 2. The van der Waals surface area contributed by atoms with Crippen LogP contribution in [0.15, 0.2) is 60.8 Å². The van der Waals surface area contributed by atoms with Crippen LogP contribution >= 0.6 is 0 Å². The smallest absolute Gasteiger partial charge is 0.220 e. The zero-order valence-corrected chi connectivity index (χ0v) is 20.3. The Morgan fingerprint density at radius 2 is 1.79 bits per heavy atom. The summed E-state index contributed by atoms with van der Waals surface area (Å²) in [5.74, 6) is 0.388. The van der Waals surface area contributed by atoms with Gasteiger partial charge in [0, 0.05) is 55.2 Å². The van der Waals surface area contributed by atoms with Gasteiger partial charge >= 0.3 is 0 Å². The van der Waals surface area contributed by atoms with Gasteiger partial charge in [0.1, 0.15) is 0 Å². The van der Waals surface area contributed by atoms with Gasteiger partial charge in [-0.15, -0.1) is 0 Å². The van der Waals surface area contributed by atoms with E-state index in [4.69, 9.17) is 0 Å². The van der Waals surface area contributed by atoms with Crippen LogP contribution < -0.4 is 5.32 Å². The number of nitrogens with zero attached hydrogens (tertiary/aromatic N) is 2. The molecule has 1 fully saturated rings. The van der Waals surface area contributed by atoms with Gasteiger partial charge in [-0.3, -0.25) is 9.69 Å². The highest BCUT2D eigenvalue weighted by atomic mass is 16.1. The fourth-order valence-electron chi connectivity index (χ4n) is 5.44. The van der Waals surface area contributed by atoms with Gasteiger partial charge < -0.3 is 15.2 Å². The number of hydrogen-bond donors (Lipinski definition) is 2. The zero-order valence-electron chi connectivity index (χ0n) is 20.3. The molecule has 1 saturated heterocycles. The van der Waals surface area contributed by atoms with Gasteiger partial charge in [0.2, 0.25) is 5.91 Å². The van der Waals surface area contributed by atoms with Crippen LogP contribution in [0.25, 0.3) is 10.9 Å². The van der Waals surface area contributed by atoms with Crippen LogP contribution in [-0.4, -0.2) is 61.0 Å². The molecule has 5 nitrogen and oxygen atoms in total. The average molecular weight is 447 g/mol.